The maximum atomic E-state index is 11.8. The zero-order chi connectivity index (χ0) is 14.4. The Bertz CT molecular complexity index is 427. The van der Waals surface area contributed by atoms with Crippen LogP contribution in [-0.2, 0) is 17.6 Å². The van der Waals surface area contributed by atoms with Crippen molar-refractivity contribution in [2.45, 2.75) is 51.6 Å². The number of hydrogen-bond acceptors (Lipinski definition) is 2. The standard InChI is InChI=1S/C17H25NO2/c1-2-13-3-5-14(6-4-13)8-10-17(20)18-12-15-7-9-16(19)11-15/h3-6,15-16,19H,2,7-12H2,1H3,(H,18,20). The Labute approximate surface area is 121 Å². The van der Waals surface area contributed by atoms with E-state index in [-0.39, 0.29) is 12.0 Å². The number of nitrogens with one attached hydrogen (secondary N) is 1. The molecule has 110 valence electrons. The predicted molar refractivity (Wildman–Crippen MR) is 80.5 cm³/mol. The summed E-state index contributed by atoms with van der Waals surface area (Å²) in [6.45, 7) is 2.85. The molecule has 2 N–H and O–H groups in total. The zero-order valence-electron chi connectivity index (χ0n) is 12.3. The van der Waals surface area contributed by atoms with Crippen molar-refractivity contribution in [1.29, 1.82) is 0 Å². The normalized spacial score (nSPS) is 21.9. The highest BCUT2D eigenvalue weighted by Gasteiger charge is 2.22. The van der Waals surface area contributed by atoms with E-state index in [1.165, 1.54) is 11.1 Å². The summed E-state index contributed by atoms with van der Waals surface area (Å²) in [5.41, 5.74) is 2.55. The number of aryl methyl sites for hydroxylation is 2. The highest BCUT2D eigenvalue weighted by molar-refractivity contribution is 5.76. The van der Waals surface area contributed by atoms with Crippen LogP contribution in [0.3, 0.4) is 0 Å². The molecule has 20 heavy (non-hydrogen) atoms. The topological polar surface area (TPSA) is 49.3 Å². The van der Waals surface area contributed by atoms with E-state index in [1.54, 1.807) is 0 Å². The first-order chi connectivity index (χ1) is 9.67. The smallest absolute Gasteiger partial charge is 0.220 e. The molecule has 1 aromatic carbocycles. The Morgan fingerprint density at radius 1 is 1.25 bits per heavy atom. The highest BCUT2D eigenvalue weighted by atomic mass is 16.3. The molecule has 3 heteroatoms. The Morgan fingerprint density at radius 2 is 1.95 bits per heavy atom. The second-order valence-corrected chi connectivity index (χ2v) is 5.81. The molecule has 3 nitrogen and oxygen atoms in total. The first-order valence-electron chi connectivity index (χ1n) is 7.70. The summed E-state index contributed by atoms with van der Waals surface area (Å²) in [6, 6.07) is 8.49. The number of carbonyl (C=O) groups is 1. The second-order valence-electron chi connectivity index (χ2n) is 5.81. The number of aliphatic hydroxyl groups excluding tert-OH is 1. The number of rotatable bonds is 6. The summed E-state index contributed by atoms with van der Waals surface area (Å²) in [7, 11) is 0. The van der Waals surface area contributed by atoms with Crippen LogP contribution in [0.15, 0.2) is 24.3 Å². The van der Waals surface area contributed by atoms with Crippen molar-refractivity contribution in [2.24, 2.45) is 5.92 Å². The maximum absolute atomic E-state index is 11.8. The van der Waals surface area contributed by atoms with Crippen LogP contribution >= 0.6 is 0 Å². The molecule has 0 bridgehead atoms. The monoisotopic (exact) mass is 275 g/mol. The lowest BCUT2D eigenvalue weighted by molar-refractivity contribution is -0.121. The van der Waals surface area contributed by atoms with Gasteiger partial charge in [-0.1, -0.05) is 31.2 Å². The van der Waals surface area contributed by atoms with Crippen LogP contribution in [0.25, 0.3) is 0 Å². The minimum atomic E-state index is -0.158. The van der Waals surface area contributed by atoms with E-state index < -0.39 is 0 Å². The Morgan fingerprint density at radius 3 is 2.55 bits per heavy atom. The lowest BCUT2D eigenvalue weighted by Crippen LogP contribution is -2.28. The van der Waals surface area contributed by atoms with Gasteiger partial charge in [-0.2, -0.15) is 0 Å². The van der Waals surface area contributed by atoms with Crippen molar-refractivity contribution in [2.75, 3.05) is 6.54 Å². The lowest BCUT2D eigenvalue weighted by Gasteiger charge is -2.11. The predicted octanol–water partition coefficient (Wildman–Crippen LogP) is 2.46. The van der Waals surface area contributed by atoms with Crippen LogP contribution in [0.4, 0.5) is 0 Å². The van der Waals surface area contributed by atoms with Gasteiger partial charge in [0.05, 0.1) is 6.10 Å². The quantitative estimate of drug-likeness (QED) is 0.838. The van der Waals surface area contributed by atoms with Gasteiger partial charge < -0.3 is 10.4 Å². The molecule has 0 heterocycles. The Hall–Kier alpha value is -1.35. The van der Waals surface area contributed by atoms with Gasteiger partial charge in [0.1, 0.15) is 0 Å². The van der Waals surface area contributed by atoms with Crippen molar-refractivity contribution >= 4 is 5.91 Å². The van der Waals surface area contributed by atoms with E-state index in [1.807, 2.05) is 0 Å². The molecule has 0 radical (unpaired) electrons. The molecule has 0 saturated heterocycles. The van der Waals surface area contributed by atoms with Crippen molar-refractivity contribution in [3.63, 3.8) is 0 Å². The van der Waals surface area contributed by atoms with Gasteiger partial charge in [0.15, 0.2) is 0 Å². The van der Waals surface area contributed by atoms with Gasteiger partial charge >= 0.3 is 0 Å². The number of aliphatic hydroxyl groups is 1. The number of hydrogen-bond donors (Lipinski definition) is 2. The van der Waals surface area contributed by atoms with Crippen molar-refractivity contribution < 1.29 is 9.90 Å². The fourth-order valence-corrected chi connectivity index (χ4v) is 2.78. The molecule has 1 aliphatic rings. The van der Waals surface area contributed by atoms with Gasteiger partial charge in [0.25, 0.3) is 0 Å². The number of carbonyl (C=O) groups excluding carboxylic acids is 1. The average Bonchev–Trinajstić information content (AvgIpc) is 2.89. The van der Waals surface area contributed by atoms with Crippen LogP contribution in [-0.4, -0.2) is 23.7 Å². The third kappa shape index (κ3) is 4.64. The van der Waals surface area contributed by atoms with E-state index in [9.17, 15) is 9.90 Å². The van der Waals surface area contributed by atoms with Gasteiger partial charge in [-0.25, -0.2) is 0 Å². The maximum Gasteiger partial charge on any atom is 0.220 e. The van der Waals surface area contributed by atoms with Crippen molar-refractivity contribution in [1.82, 2.24) is 5.32 Å². The van der Waals surface area contributed by atoms with E-state index >= 15 is 0 Å². The summed E-state index contributed by atoms with van der Waals surface area (Å²) in [6.07, 6.45) is 4.97. The minimum absolute atomic E-state index is 0.117. The fourth-order valence-electron chi connectivity index (χ4n) is 2.78. The molecule has 1 aromatic rings. The molecule has 2 rings (SSSR count). The molecule has 2 atom stereocenters. The molecular formula is C17H25NO2. The van der Waals surface area contributed by atoms with Crippen LogP contribution in [0.2, 0.25) is 0 Å². The van der Waals surface area contributed by atoms with Gasteiger partial charge in [-0.3, -0.25) is 4.79 Å². The van der Waals surface area contributed by atoms with Crippen LogP contribution in [0.5, 0.6) is 0 Å². The molecule has 0 aliphatic heterocycles. The summed E-state index contributed by atoms with van der Waals surface area (Å²) < 4.78 is 0. The van der Waals surface area contributed by atoms with Crippen LogP contribution in [0, 0.1) is 5.92 Å². The van der Waals surface area contributed by atoms with E-state index in [2.05, 4.69) is 36.5 Å². The minimum Gasteiger partial charge on any atom is -0.393 e. The molecule has 1 saturated carbocycles. The Balaban J connectivity index is 1.66. The first kappa shape index (κ1) is 15.0. The highest BCUT2D eigenvalue weighted by Crippen LogP contribution is 2.24. The molecule has 1 fully saturated rings. The van der Waals surface area contributed by atoms with Crippen LogP contribution < -0.4 is 5.32 Å². The number of benzene rings is 1. The molecule has 2 unspecified atom stereocenters. The molecular weight excluding hydrogens is 250 g/mol. The van der Waals surface area contributed by atoms with E-state index in [0.29, 0.717) is 18.9 Å². The molecule has 0 aromatic heterocycles. The fraction of sp³-hybridized carbons (Fsp3) is 0.588. The van der Waals surface area contributed by atoms with Crippen molar-refractivity contribution in [3.8, 4) is 0 Å². The van der Waals surface area contributed by atoms with Gasteiger partial charge in [0, 0.05) is 13.0 Å². The lowest BCUT2D eigenvalue weighted by atomic mass is 10.1. The summed E-state index contributed by atoms with van der Waals surface area (Å²) in [4.78, 5) is 11.8. The molecule has 1 aliphatic carbocycles. The van der Waals surface area contributed by atoms with Gasteiger partial charge in [-0.05, 0) is 49.1 Å². The summed E-state index contributed by atoms with van der Waals surface area (Å²) in [5, 5.41) is 12.4. The van der Waals surface area contributed by atoms with E-state index in [4.69, 9.17) is 0 Å². The van der Waals surface area contributed by atoms with Gasteiger partial charge in [-0.15, -0.1) is 0 Å². The third-order valence-corrected chi connectivity index (χ3v) is 4.17. The third-order valence-electron chi connectivity index (χ3n) is 4.17. The second kappa shape index (κ2) is 7.44. The van der Waals surface area contributed by atoms with Crippen LogP contribution in [0.1, 0.15) is 43.7 Å². The van der Waals surface area contributed by atoms with Crippen molar-refractivity contribution in [3.05, 3.63) is 35.4 Å². The zero-order valence-corrected chi connectivity index (χ0v) is 12.3. The largest absolute Gasteiger partial charge is 0.393 e. The average molecular weight is 275 g/mol. The first-order valence-corrected chi connectivity index (χ1v) is 7.70. The SMILES string of the molecule is CCc1ccc(CCC(=O)NCC2CCC(O)C2)cc1. The Kier molecular flexibility index (Phi) is 5.60. The van der Waals surface area contributed by atoms with E-state index in [0.717, 1.165) is 32.1 Å². The summed E-state index contributed by atoms with van der Waals surface area (Å²) >= 11 is 0. The molecule has 0 spiro atoms. The number of amides is 1. The summed E-state index contributed by atoms with van der Waals surface area (Å²) in [5.74, 6) is 0.573. The van der Waals surface area contributed by atoms with Gasteiger partial charge in [0.2, 0.25) is 5.91 Å². The molecule has 1 amide bonds.